The molecule has 7 heteroatoms. The summed E-state index contributed by atoms with van der Waals surface area (Å²) >= 11 is 0. The van der Waals surface area contributed by atoms with E-state index in [1.165, 1.54) is 19.2 Å². The van der Waals surface area contributed by atoms with Crippen LogP contribution in [0.1, 0.15) is 18.5 Å². The second-order valence-electron chi connectivity index (χ2n) is 5.74. The summed E-state index contributed by atoms with van der Waals surface area (Å²) in [4.78, 5) is 27.9. The second-order valence-corrected chi connectivity index (χ2v) is 5.74. The Morgan fingerprint density at radius 1 is 1.21 bits per heavy atom. The van der Waals surface area contributed by atoms with Crippen LogP contribution >= 0.6 is 0 Å². The fraction of sp³-hybridized carbons (Fsp3) is 0.529. The van der Waals surface area contributed by atoms with E-state index in [2.05, 4.69) is 10.2 Å². The standard InChI is InChI=1S/C17H24FN3O3/c1-3-19-15(22)12-20-8-10-21(11-9-20)16(17(23)24-2)13-4-6-14(18)7-5-13/h4-7,16H,3,8-12H2,1-2H3,(H,19,22). The zero-order valence-electron chi connectivity index (χ0n) is 14.1. The van der Waals surface area contributed by atoms with Crippen molar-refractivity contribution in [1.82, 2.24) is 15.1 Å². The summed E-state index contributed by atoms with van der Waals surface area (Å²) in [5.74, 6) is -0.693. The van der Waals surface area contributed by atoms with E-state index in [0.29, 0.717) is 44.8 Å². The number of carbonyl (C=O) groups excluding carboxylic acids is 2. The molecule has 1 aliphatic rings. The molecule has 1 unspecified atom stereocenters. The summed E-state index contributed by atoms with van der Waals surface area (Å²) in [6.45, 7) is 5.51. The molecule has 0 radical (unpaired) electrons. The van der Waals surface area contributed by atoms with E-state index in [4.69, 9.17) is 4.74 Å². The van der Waals surface area contributed by atoms with Gasteiger partial charge in [0.15, 0.2) is 0 Å². The lowest BCUT2D eigenvalue weighted by Crippen LogP contribution is -2.51. The first-order valence-electron chi connectivity index (χ1n) is 8.11. The van der Waals surface area contributed by atoms with Gasteiger partial charge in [-0.25, -0.2) is 9.18 Å². The van der Waals surface area contributed by atoms with Crippen LogP contribution in [-0.2, 0) is 14.3 Å². The van der Waals surface area contributed by atoms with Gasteiger partial charge in [-0.15, -0.1) is 0 Å². The number of esters is 1. The third-order valence-corrected chi connectivity index (χ3v) is 4.12. The molecule has 0 aromatic heterocycles. The van der Waals surface area contributed by atoms with Crippen LogP contribution in [0.15, 0.2) is 24.3 Å². The quantitative estimate of drug-likeness (QED) is 0.778. The Morgan fingerprint density at radius 3 is 2.38 bits per heavy atom. The Kier molecular flexibility index (Phi) is 6.69. The Morgan fingerprint density at radius 2 is 1.83 bits per heavy atom. The normalized spacial score (nSPS) is 17.3. The van der Waals surface area contributed by atoms with E-state index in [-0.39, 0.29) is 17.7 Å². The molecule has 1 amide bonds. The Hall–Kier alpha value is -1.99. The van der Waals surface area contributed by atoms with Gasteiger partial charge in [0.2, 0.25) is 5.91 Å². The first-order chi connectivity index (χ1) is 11.5. The van der Waals surface area contributed by atoms with Crippen molar-refractivity contribution in [2.24, 2.45) is 0 Å². The highest BCUT2D eigenvalue weighted by Crippen LogP contribution is 2.24. The van der Waals surface area contributed by atoms with Gasteiger partial charge in [0.05, 0.1) is 13.7 Å². The summed E-state index contributed by atoms with van der Waals surface area (Å²) < 4.78 is 18.1. The minimum atomic E-state index is -0.554. The topological polar surface area (TPSA) is 61.9 Å². The molecule has 1 N–H and O–H groups in total. The lowest BCUT2D eigenvalue weighted by Gasteiger charge is -2.37. The molecular formula is C17H24FN3O3. The van der Waals surface area contributed by atoms with Crippen molar-refractivity contribution in [2.45, 2.75) is 13.0 Å². The summed E-state index contributed by atoms with van der Waals surface area (Å²) in [6.07, 6.45) is 0. The molecule has 24 heavy (non-hydrogen) atoms. The fourth-order valence-corrected chi connectivity index (χ4v) is 2.89. The Bertz CT molecular complexity index is 557. The molecule has 2 rings (SSSR count). The molecule has 1 heterocycles. The average Bonchev–Trinajstić information content (AvgIpc) is 2.58. The van der Waals surface area contributed by atoms with E-state index in [1.807, 2.05) is 11.8 Å². The number of benzene rings is 1. The summed E-state index contributed by atoms with van der Waals surface area (Å²) in [5.41, 5.74) is 0.709. The molecule has 1 atom stereocenters. The van der Waals surface area contributed by atoms with E-state index in [9.17, 15) is 14.0 Å². The van der Waals surface area contributed by atoms with Crippen LogP contribution in [0.3, 0.4) is 0 Å². The molecule has 0 spiro atoms. The van der Waals surface area contributed by atoms with Crippen LogP contribution in [-0.4, -0.2) is 68.1 Å². The predicted molar refractivity (Wildman–Crippen MR) is 87.9 cm³/mol. The van der Waals surface area contributed by atoms with E-state index >= 15 is 0 Å². The number of hydrogen-bond donors (Lipinski definition) is 1. The lowest BCUT2D eigenvalue weighted by molar-refractivity contribution is -0.148. The number of hydrogen-bond acceptors (Lipinski definition) is 5. The number of nitrogens with one attached hydrogen (secondary N) is 1. The fourth-order valence-electron chi connectivity index (χ4n) is 2.89. The van der Waals surface area contributed by atoms with Gasteiger partial charge in [-0.1, -0.05) is 12.1 Å². The molecule has 132 valence electrons. The largest absolute Gasteiger partial charge is 0.468 e. The van der Waals surface area contributed by atoms with Crippen LogP contribution in [0, 0.1) is 5.82 Å². The van der Waals surface area contributed by atoms with Gasteiger partial charge in [-0.3, -0.25) is 14.6 Å². The Balaban J connectivity index is 2.01. The van der Waals surface area contributed by atoms with Gasteiger partial charge in [0.25, 0.3) is 0 Å². The van der Waals surface area contributed by atoms with Crippen molar-refractivity contribution in [3.8, 4) is 0 Å². The van der Waals surface area contributed by atoms with Gasteiger partial charge in [0.1, 0.15) is 11.9 Å². The van der Waals surface area contributed by atoms with Crippen LogP contribution in [0.25, 0.3) is 0 Å². The maximum absolute atomic E-state index is 13.1. The first-order valence-corrected chi connectivity index (χ1v) is 8.11. The minimum absolute atomic E-state index is 0.00834. The molecule has 0 aliphatic carbocycles. The molecule has 0 bridgehead atoms. The molecule has 1 fully saturated rings. The Labute approximate surface area is 141 Å². The van der Waals surface area contributed by atoms with Gasteiger partial charge in [-0.05, 0) is 24.6 Å². The van der Waals surface area contributed by atoms with Crippen LogP contribution in [0.5, 0.6) is 0 Å². The van der Waals surface area contributed by atoms with Gasteiger partial charge in [-0.2, -0.15) is 0 Å². The van der Waals surface area contributed by atoms with Crippen molar-refractivity contribution in [3.63, 3.8) is 0 Å². The highest BCUT2D eigenvalue weighted by Gasteiger charge is 2.31. The van der Waals surface area contributed by atoms with E-state index < -0.39 is 6.04 Å². The number of likely N-dealkylation sites (N-methyl/N-ethyl adjacent to an activating group) is 1. The third kappa shape index (κ3) is 4.75. The van der Waals surface area contributed by atoms with Crippen LogP contribution < -0.4 is 5.32 Å². The number of ether oxygens (including phenoxy) is 1. The van der Waals surface area contributed by atoms with E-state index in [0.717, 1.165) is 0 Å². The number of halogens is 1. The summed E-state index contributed by atoms with van der Waals surface area (Å²) in [6, 6.07) is 5.35. The molecule has 1 aromatic carbocycles. The SMILES string of the molecule is CCNC(=O)CN1CCN(C(C(=O)OC)c2ccc(F)cc2)CC1. The van der Waals surface area contributed by atoms with Gasteiger partial charge in [0, 0.05) is 32.7 Å². The summed E-state index contributed by atoms with van der Waals surface area (Å²) in [7, 11) is 1.35. The number of amides is 1. The number of carbonyl (C=O) groups is 2. The molecule has 6 nitrogen and oxygen atoms in total. The smallest absolute Gasteiger partial charge is 0.327 e. The zero-order valence-corrected chi connectivity index (χ0v) is 14.1. The maximum Gasteiger partial charge on any atom is 0.327 e. The van der Waals surface area contributed by atoms with Crippen LogP contribution in [0.4, 0.5) is 4.39 Å². The van der Waals surface area contributed by atoms with Gasteiger partial charge >= 0.3 is 5.97 Å². The van der Waals surface area contributed by atoms with Crippen molar-refractivity contribution < 1.29 is 18.7 Å². The van der Waals surface area contributed by atoms with Gasteiger partial charge < -0.3 is 10.1 Å². The van der Waals surface area contributed by atoms with Crippen molar-refractivity contribution in [1.29, 1.82) is 0 Å². The zero-order chi connectivity index (χ0) is 17.5. The molecule has 1 saturated heterocycles. The highest BCUT2D eigenvalue weighted by molar-refractivity contribution is 5.78. The highest BCUT2D eigenvalue weighted by atomic mass is 19.1. The predicted octanol–water partition coefficient (Wildman–Crippen LogP) is 0.794. The number of methoxy groups -OCH3 is 1. The van der Waals surface area contributed by atoms with E-state index in [1.54, 1.807) is 12.1 Å². The summed E-state index contributed by atoms with van der Waals surface area (Å²) in [5, 5.41) is 2.78. The van der Waals surface area contributed by atoms with Crippen LogP contribution in [0.2, 0.25) is 0 Å². The van der Waals surface area contributed by atoms with Crippen molar-refractivity contribution >= 4 is 11.9 Å². The monoisotopic (exact) mass is 337 g/mol. The molecular weight excluding hydrogens is 313 g/mol. The molecule has 1 aliphatic heterocycles. The minimum Gasteiger partial charge on any atom is -0.468 e. The number of nitrogens with zero attached hydrogens (tertiary/aromatic N) is 2. The maximum atomic E-state index is 13.1. The molecule has 0 saturated carbocycles. The second kappa shape index (κ2) is 8.75. The third-order valence-electron chi connectivity index (χ3n) is 4.12. The number of piperazine rings is 1. The van der Waals surface area contributed by atoms with Crippen molar-refractivity contribution in [2.75, 3.05) is 46.4 Å². The lowest BCUT2D eigenvalue weighted by atomic mass is 10.0. The first kappa shape index (κ1) is 18.4. The number of rotatable bonds is 6. The average molecular weight is 337 g/mol. The molecule has 1 aromatic rings. The van der Waals surface area contributed by atoms with Crippen molar-refractivity contribution in [3.05, 3.63) is 35.6 Å².